The molecule has 0 aliphatic heterocycles. The van der Waals surface area contributed by atoms with Gasteiger partial charge in [0, 0.05) is 18.9 Å². The molecule has 0 atom stereocenters. The Morgan fingerprint density at radius 2 is 1.88 bits per heavy atom. The van der Waals surface area contributed by atoms with E-state index in [9.17, 15) is 0 Å². The topological polar surface area (TPSA) is 53.7 Å². The van der Waals surface area contributed by atoms with Gasteiger partial charge in [0.05, 0.1) is 19.8 Å². The van der Waals surface area contributed by atoms with Crippen LogP contribution in [0.3, 0.4) is 0 Å². The van der Waals surface area contributed by atoms with Gasteiger partial charge in [-0.2, -0.15) is 0 Å². The summed E-state index contributed by atoms with van der Waals surface area (Å²) in [6, 6.07) is 5.62. The van der Waals surface area contributed by atoms with E-state index in [0.717, 1.165) is 11.3 Å². The quantitative estimate of drug-likeness (QED) is 0.566. The van der Waals surface area contributed by atoms with Gasteiger partial charge in [-0.05, 0) is 18.6 Å². The molecule has 0 amide bonds. The molecule has 0 unspecified atom stereocenters. The molecule has 4 heteroatoms. The Morgan fingerprint density at radius 3 is 2.62 bits per heavy atom. The molecule has 90 valence electrons. The highest BCUT2D eigenvalue weighted by Gasteiger charge is 1.99. The number of hydrogen-bond acceptors (Lipinski definition) is 4. The summed E-state index contributed by atoms with van der Waals surface area (Å²) in [4.78, 5) is 0. The number of ether oxygens (including phenoxy) is 3. The average molecular weight is 225 g/mol. The summed E-state index contributed by atoms with van der Waals surface area (Å²) in [5.41, 5.74) is 7.45. The van der Waals surface area contributed by atoms with Gasteiger partial charge in [-0.25, -0.2) is 0 Å². The first-order valence-electron chi connectivity index (χ1n) is 5.29. The summed E-state index contributed by atoms with van der Waals surface area (Å²) >= 11 is 0. The van der Waals surface area contributed by atoms with Crippen LogP contribution in [0.5, 0.6) is 5.75 Å². The number of nitrogen functional groups attached to an aromatic ring is 1. The number of anilines is 1. The predicted molar refractivity (Wildman–Crippen MR) is 63.8 cm³/mol. The van der Waals surface area contributed by atoms with Crippen LogP contribution in [0.25, 0.3) is 0 Å². The first kappa shape index (κ1) is 12.8. The number of hydrogen-bond donors (Lipinski definition) is 1. The van der Waals surface area contributed by atoms with E-state index in [1.165, 1.54) is 0 Å². The van der Waals surface area contributed by atoms with Crippen molar-refractivity contribution in [2.24, 2.45) is 0 Å². The van der Waals surface area contributed by atoms with Gasteiger partial charge < -0.3 is 19.9 Å². The van der Waals surface area contributed by atoms with Gasteiger partial charge in [0.15, 0.2) is 0 Å². The lowest BCUT2D eigenvalue weighted by Crippen LogP contribution is -2.10. The van der Waals surface area contributed by atoms with Crippen molar-refractivity contribution in [3.63, 3.8) is 0 Å². The molecule has 0 aromatic heterocycles. The molecule has 0 bridgehead atoms. The van der Waals surface area contributed by atoms with Crippen LogP contribution in [0, 0.1) is 6.92 Å². The molecule has 0 saturated carbocycles. The maximum absolute atomic E-state index is 5.67. The van der Waals surface area contributed by atoms with E-state index in [1.807, 2.05) is 25.1 Å². The molecular formula is C12H19NO3. The second-order valence-corrected chi connectivity index (χ2v) is 3.48. The van der Waals surface area contributed by atoms with Crippen molar-refractivity contribution in [2.45, 2.75) is 6.92 Å². The number of nitrogens with two attached hydrogens (primary N) is 1. The molecule has 2 N–H and O–H groups in total. The molecule has 0 aliphatic rings. The van der Waals surface area contributed by atoms with Crippen LogP contribution in [0.4, 0.5) is 5.69 Å². The standard InChI is InChI=1S/C12H19NO3/c1-10-3-4-11(13)9-12(10)16-8-7-15-6-5-14-2/h3-4,9H,5-8,13H2,1-2H3. The SMILES string of the molecule is COCCOCCOc1cc(N)ccc1C. The Hall–Kier alpha value is -1.26. The molecule has 0 radical (unpaired) electrons. The number of methoxy groups -OCH3 is 1. The third-order valence-corrected chi connectivity index (χ3v) is 2.13. The first-order chi connectivity index (χ1) is 7.74. The van der Waals surface area contributed by atoms with E-state index in [2.05, 4.69) is 0 Å². The van der Waals surface area contributed by atoms with Crippen molar-refractivity contribution in [3.8, 4) is 5.75 Å². The van der Waals surface area contributed by atoms with E-state index in [-0.39, 0.29) is 0 Å². The lowest BCUT2D eigenvalue weighted by molar-refractivity contribution is 0.0543. The Morgan fingerprint density at radius 1 is 1.12 bits per heavy atom. The maximum atomic E-state index is 5.67. The van der Waals surface area contributed by atoms with Crippen molar-refractivity contribution < 1.29 is 14.2 Å². The van der Waals surface area contributed by atoms with E-state index < -0.39 is 0 Å². The van der Waals surface area contributed by atoms with E-state index in [0.29, 0.717) is 32.1 Å². The van der Waals surface area contributed by atoms with Gasteiger partial charge in [-0.3, -0.25) is 0 Å². The van der Waals surface area contributed by atoms with E-state index >= 15 is 0 Å². The fourth-order valence-electron chi connectivity index (χ4n) is 1.23. The van der Waals surface area contributed by atoms with Gasteiger partial charge >= 0.3 is 0 Å². The first-order valence-corrected chi connectivity index (χ1v) is 5.29. The van der Waals surface area contributed by atoms with Crippen LogP contribution < -0.4 is 10.5 Å². The third kappa shape index (κ3) is 4.51. The average Bonchev–Trinajstić information content (AvgIpc) is 2.28. The summed E-state index contributed by atoms with van der Waals surface area (Å²) in [6.07, 6.45) is 0. The minimum atomic E-state index is 0.522. The van der Waals surface area contributed by atoms with Crippen molar-refractivity contribution in [1.29, 1.82) is 0 Å². The lowest BCUT2D eigenvalue weighted by Gasteiger charge is -2.10. The zero-order valence-corrected chi connectivity index (χ0v) is 9.86. The molecule has 1 aromatic rings. The normalized spacial score (nSPS) is 10.4. The summed E-state index contributed by atoms with van der Waals surface area (Å²) < 4.78 is 15.7. The number of rotatable bonds is 7. The van der Waals surface area contributed by atoms with Gasteiger partial charge in [-0.1, -0.05) is 6.07 Å². The molecule has 1 rings (SSSR count). The smallest absolute Gasteiger partial charge is 0.124 e. The highest BCUT2D eigenvalue weighted by molar-refractivity contribution is 5.47. The fourth-order valence-corrected chi connectivity index (χ4v) is 1.23. The van der Waals surface area contributed by atoms with Crippen molar-refractivity contribution >= 4 is 5.69 Å². The molecule has 4 nitrogen and oxygen atoms in total. The summed E-state index contributed by atoms with van der Waals surface area (Å²) in [5.74, 6) is 0.815. The maximum Gasteiger partial charge on any atom is 0.124 e. The Bertz CT molecular complexity index is 315. The number of aryl methyl sites for hydroxylation is 1. The van der Waals surface area contributed by atoms with Crippen LogP contribution in [0.15, 0.2) is 18.2 Å². The summed E-state index contributed by atoms with van der Waals surface area (Å²) in [7, 11) is 1.65. The number of benzene rings is 1. The summed E-state index contributed by atoms with van der Waals surface area (Å²) in [6.45, 7) is 4.26. The van der Waals surface area contributed by atoms with Crippen LogP contribution in [0.2, 0.25) is 0 Å². The monoisotopic (exact) mass is 225 g/mol. The minimum Gasteiger partial charge on any atom is -0.491 e. The molecule has 0 saturated heterocycles. The van der Waals surface area contributed by atoms with Gasteiger partial charge in [0.25, 0.3) is 0 Å². The zero-order valence-electron chi connectivity index (χ0n) is 9.86. The molecule has 1 aromatic carbocycles. The highest BCUT2D eigenvalue weighted by Crippen LogP contribution is 2.20. The van der Waals surface area contributed by atoms with Crippen LogP contribution in [0.1, 0.15) is 5.56 Å². The summed E-state index contributed by atoms with van der Waals surface area (Å²) in [5, 5.41) is 0. The Kier molecular flexibility index (Phi) is 5.67. The van der Waals surface area contributed by atoms with E-state index in [4.69, 9.17) is 19.9 Å². The molecule has 0 aliphatic carbocycles. The van der Waals surface area contributed by atoms with E-state index in [1.54, 1.807) is 7.11 Å². The largest absolute Gasteiger partial charge is 0.491 e. The Labute approximate surface area is 96.3 Å². The fraction of sp³-hybridized carbons (Fsp3) is 0.500. The molecule has 0 fully saturated rings. The van der Waals surface area contributed by atoms with Crippen LogP contribution in [-0.4, -0.2) is 33.5 Å². The molecule has 0 heterocycles. The second kappa shape index (κ2) is 7.09. The zero-order chi connectivity index (χ0) is 11.8. The van der Waals surface area contributed by atoms with Gasteiger partial charge in [0.2, 0.25) is 0 Å². The van der Waals surface area contributed by atoms with Crippen LogP contribution in [-0.2, 0) is 9.47 Å². The van der Waals surface area contributed by atoms with Crippen molar-refractivity contribution in [1.82, 2.24) is 0 Å². The van der Waals surface area contributed by atoms with Gasteiger partial charge in [0.1, 0.15) is 12.4 Å². The Balaban J connectivity index is 2.23. The highest BCUT2D eigenvalue weighted by atomic mass is 16.5. The third-order valence-electron chi connectivity index (χ3n) is 2.13. The lowest BCUT2D eigenvalue weighted by atomic mass is 10.2. The van der Waals surface area contributed by atoms with Crippen molar-refractivity contribution in [2.75, 3.05) is 39.3 Å². The second-order valence-electron chi connectivity index (χ2n) is 3.48. The molecule has 16 heavy (non-hydrogen) atoms. The van der Waals surface area contributed by atoms with Crippen LogP contribution >= 0.6 is 0 Å². The minimum absolute atomic E-state index is 0.522. The predicted octanol–water partition coefficient (Wildman–Crippen LogP) is 1.62. The molecular weight excluding hydrogens is 206 g/mol. The van der Waals surface area contributed by atoms with Crippen molar-refractivity contribution in [3.05, 3.63) is 23.8 Å². The molecule has 0 spiro atoms. The van der Waals surface area contributed by atoms with Gasteiger partial charge in [-0.15, -0.1) is 0 Å².